The van der Waals surface area contributed by atoms with Crippen LogP contribution in [0.25, 0.3) is 0 Å². The lowest BCUT2D eigenvalue weighted by Crippen LogP contribution is -2.55. The molecule has 3 amide bonds. The number of ketones is 1. The number of benzene rings is 1. The number of aryl methyl sites for hydroxylation is 1. The third kappa shape index (κ3) is 10.1. The van der Waals surface area contributed by atoms with Crippen LogP contribution in [-0.2, 0) is 33.9 Å². The first-order valence-corrected chi connectivity index (χ1v) is 16.7. The minimum Gasteiger partial charge on any atom is -0.458 e. The summed E-state index contributed by atoms with van der Waals surface area (Å²) in [7, 11) is -3.49. The maximum atomic E-state index is 13.4. The summed E-state index contributed by atoms with van der Waals surface area (Å²) in [5.41, 5.74) is -1.76. The van der Waals surface area contributed by atoms with E-state index in [-0.39, 0.29) is 23.5 Å². The predicted molar refractivity (Wildman–Crippen MR) is 166 cm³/mol. The summed E-state index contributed by atoms with van der Waals surface area (Å²) in [5, 5.41) is 2.59. The highest BCUT2D eigenvalue weighted by Crippen LogP contribution is 2.30. The van der Waals surface area contributed by atoms with E-state index >= 15 is 0 Å². The van der Waals surface area contributed by atoms with Crippen LogP contribution in [0.2, 0.25) is 0 Å². The number of rotatable bonds is 16. The van der Waals surface area contributed by atoms with E-state index in [9.17, 15) is 32.4 Å². The van der Waals surface area contributed by atoms with E-state index in [2.05, 4.69) is 17.0 Å². The van der Waals surface area contributed by atoms with E-state index in [0.717, 1.165) is 32.1 Å². The average Bonchev–Trinajstić information content (AvgIpc) is 3.11. The van der Waals surface area contributed by atoms with Gasteiger partial charge in [-0.15, -0.1) is 0 Å². The standard InChI is InChI=1S/C31H47N3O9S/c1-9-10-11-12-13-14-17-44(40,41)32-19-21(3)42-27(37)22-15-16-23(20(2)18-22)33-26(36)24(25(35)30(4,5)6)34-28(38)31(7,8)43-29(34)39/h15-16,18,21,24,32H,9-14,17,19H2,1-8H3,(H,33,36). The summed E-state index contributed by atoms with van der Waals surface area (Å²) in [5.74, 6) is -3.06. The third-order valence-electron chi connectivity index (χ3n) is 7.15. The van der Waals surface area contributed by atoms with Crippen molar-refractivity contribution in [2.24, 2.45) is 5.41 Å². The van der Waals surface area contributed by atoms with Gasteiger partial charge in [-0.3, -0.25) is 14.4 Å². The van der Waals surface area contributed by atoms with Crippen molar-refractivity contribution in [1.29, 1.82) is 0 Å². The number of unbranched alkanes of at least 4 members (excludes halogenated alkanes) is 5. The number of esters is 1. The summed E-state index contributed by atoms with van der Waals surface area (Å²) in [4.78, 5) is 65.4. The molecule has 0 spiro atoms. The summed E-state index contributed by atoms with van der Waals surface area (Å²) in [6.45, 7) is 12.7. The van der Waals surface area contributed by atoms with Crippen molar-refractivity contribution < 1.29 is 41.9 Å². The molecular weight excluding hydrogens is 590 g/mol. The predicted octanol–water partition coefficient (Wildman–Crippen LogP) is 4.50. The van der Waals surface area contributed by atoms with Gasteiger partial charge < -0.3 is 14.8 Å². The van der Waals surface area contributed by atoms with Crippen LogP contribution in [0.5, 0.6) is 0 Å². The largest absolute Gasteiger partial charge is 0.458 e. The molecule has 2 unspecified atom stereocenters. The van der Waals surface area contributed by atoms with Crippen molar-refractivity contribution in [3.63, 3.8) is 0 Å². The van der Waals surface area contributed by atoms with Crippen molar-refractivity contribution in [1.82, 2.24) is 9.62 Å². The molecule has 0 aliphatic carbocycles. The van der Waals surface area contributed by atoms with Gasteiger partial charge in [0.2, 0.25) is 10.0 Å². The zero-order valence-electron chi connectivity index (χ0n) is 27.1. The summed E-state index contributed by atoms with van der Waals surface area (Å²) >= 11 is 0. The number of nitrogens with zero attached hydrogens (tertiary/aromatic N) is 1. The molecule has 2 rings (SSSR count). The van der Waals surface area contributed by atoms with Gasteiger partial charge >= 0.3 is 12.1 Å². The Balaban J connectivity index is 2.05. The molecular formula is C31H47N3O9S. The van der Waals surface area contributed by atoms with E-state index in [0.29, 0.717) is 16.9 Å². The van der Waals surface area contributed by atoms with Crippen molar-refractivity contribution in [2.45, 2.75) is 112 Å². The Bertz CT molecular complexity index is 1350. The monoisotopic (exact) mass is 637 g/mol. The highest BCUT2D eigenvalue weighted by atomic mass is 32.2. The highest BCUT2D eigenvalue weighted by molar-refractivity contribution is 7.89. The number of hydrogen-bond acceptors (Lipinski definition) is 9. The fourth-order valence-electron chi connectivity index (χ4n) is 4.48. The van der Waals surface area contributed by atoms with Gasteiger partial charge in [-0.2, -0.15) is 0 Å². The Labute approximate surface area is 260 Å². The van der Waals surface area contributed by atoms with Crippen LogP contribution in [0.15, 0.2) is 18.2 Å². The second-order valence-corrected chi connectivity index (χ2v) is 14.7. The van der Waals surface area contributed by atoms with Crippen molar-refractivity contribution in [2.75, 3.05) is 17.6 Å². The van der Waals surface area contributed by atoms with Gasteiger partial charge in [0.05, 0.1) is 11.3 Å². The molecule has 2 N–H and O–H groups in total. The van der Waals surface area contributed by atoms with Gasteiger partial charge in [-0.05, 0) is 57.9 Å². The Morgan fingerprint density at radius 2 is 1.66 bits per heavy atom. The molecule has 1 aliphatic heterocycles. The highest BCUT2D eigenvalue weighted by Gasteiger charge is 2.55. The van der Waals surface area contributed by atoms with E-state index in [4.69, 9.17) is 9.47 Å². The van der Waals surface area contributed by atoms with E-state index < -0.39 is 62.8 Å². The van der Waals surface area contributed by atoms with E-state index in [1.807, 2.05) is 0 Å². The van der Waals surface area contributed by atoms with Crippen molar-refractivity contribution >= 4 is 45.4 Å². The van der Waals surface area contributed by atoms with E-state index in [1.54, 1.807) is 34.6 Å². The first kappa shape index (κ1) is 36.9. The number of carbonyl (C=O) groups is 5. The number of sulfonamides is 1. The number of amides is 3. The van der Waals surface area contributed by atoms with Gasteiger partial charge in [0.1, 0.15) is 6.10 Å². The number of ether oxygens (including phenoxy) is 2. The number of hydrogen-bond donors (Lipinski definition) is 2. The number of nitrogens with one attached hydrogen (secondary N) is 2. The molecule has 0 bridgehead atoms. The summed E-state index contributed by atoms with van der Waals surface area (Å²) in [6.07, 6.45) is 3.93. The van der Waals surface area contributed by atoms with Crippen LogP contribution < -0.4 is 10.0 Å². The SMILES string of the molecule is CCCCCCCCS(=O)(=O)NCC(C)OC(=O)c1ccc(NC(=O)C(C(=O)C(C)(C)C)N2C(=O)OC(C)(C)C2=O)c(C)c1. The molecule has 0 aromatic heterocycles. The minimum absolute atomic E-state index is 0.0131. The fraction of sp³-hybridized carbons (Fsp3) is 0.645. The zero-order chi connectivity index (χ0) is 33.5. The number of imide groups is 1. The molecule has 0 radical (unpaired) electrons. The molecule has 1 fully saturated rings. The van der Waals surface area contributed by atoms with Gasteiger partial charge in [-0.1, -0.05) is 59.8 Å². The molecule has 1 aromatic rings. The molecule has 1 saturated heterocycles. The molecule has 0 saturated carbocycles. The Morgan fingerprint density at radius 3 is 2.20 bits per heavy atom. The second kappa shape index (κ2) is 15.1. The van der Waals surface area contributed by atoms with Crippen LogP contribution in [0.4, 0.5) is 10.5 Å². The topological polar surface area (TPSA) is 165 Å². The molecule has 1 heterocycles. The van der Waals surface area contributed by atoms with Gasteiger partial charge in [0, 0.05) is 17.6 Å². The summed E-state index contributed by atoms with van der Waals surface area (Å²) in [6, 6.07) is 2.53. The molecule has 12 nitrogen and oxygen atoms in total. The molecule has 246 valence electrons. The zero-order valence-corrected chi connectivity index (χ0v) is 27.9. The van der Waals surface area contributed by atoms with Gasteiger partial charge in [0.15, 0.2) is 17.4 Å². The second-order valence-electron chi connectivity index (χ2n) is 12.7. The smallest absolute Gasteiger partial charge is 0.418 e. The lowest BCUT2D eigenvalue weighted by molar-refractivity contribution is -0.145. The first-order chi connectivity index (χ1) is 20.3. The molecule has 1 aromatic carbocycles. The maximum absolute atomic E-state index is 13.4. The molecule has 13 heteroatoms. The molecule has 44 heavy (non-hydrogen) atoms. The van der Waals surface area contributed by atoms with Crippen LogP contribution >= 0.6 is 0 Å². The van der Waals surface area contributed by atoms with Crippen molar-refractivity contribution in [3.8, 4) is 0 Å². The lowest BCUT2D eigenvalue weighted by Gasteiger charge is -2.28. The van der Waals surface area contributed by atoms with Gasteiger partial charge in [0.25, 0.3) is 11.8 Å². The Hall–Kier alpha value is -3.32. The fourth-order valence-corrected chi connectivity index (χ4v) is 5.70. The van der Waals surface area contributed by atoms with Crippen LogP contribution in [0.3, 0.4) is 0 Å². The number of anilines is 1. The third-order valence-corrected chi connectivity index (χ3v) is 8.59. The number of carbonyl (C=O) groups excluding carboxylic acids is 5. The normalized spacial score (nSPS) is 16.3. The average molecular weight is 638 g/mol. The summed E-state index contributed by atoms with van der Waals surface area (Å²) < 4.78 is 37.6. The van der Waals surface area contributed by atoms with Crippen LogP contribution in [0.1, 0.15) is 103 Å². The van der Waals surface area contributed by atoms with Crippen LogP contribution in [0, 0.1) is 12.3 Å². The minimum atomic E-state index is -3.49. The number of Topliss-reactive ketones (excluding diaryl/α,β-unsaturated/α-hetero) is 1. The maximum Gasteiger partial charge on any atom is 0.418 e. The van der Waals surface area contributed by atoms with Crippen LogP contribution in [-0.4, -0.2) is 73.0 Å². The Morgan fingerprint density at radius 1 is 1.05 bits per heavy atom. The van der Waals surface area contributed by atoms with Crippen molar-refractivity contribution in [3.05, 3.63) is 29.3 Å². The molecule has 2 atom stereocenters. The number of cyclic esters (lactones) is 1. The Kier molecular flexibility index (Phi) is 12.7. The first-order valence-electron chi connectivity index (χ1n) is 15.0. The van der Waals surface area contributed by atoms with E-state index in [1.165, 1.54) is 32.0 Å². The van der Waals surface area contributed by atoms with Gasteiger partial charge in [-0.25, -0.2) is 27.6 Å². The molecule has 1 aliphatic rings. The lowest BCUT2D eigenvalue weighted by atomic mass is 9.85. The quantitative estimate of drug-likeness (QED) is 0.151.